The number of ether oxygens (including phenoxy) is 1. The number of hydrogen-bond donors (Lipinski definition) is 2. The molecule has 0 atom stereocenters. The molecule has 1 aliphatic heterocycles. The maximum atomic E-state index is 13.1. The van der Waals surface area contributed by atoms with Crippen LogP contribution in [0.4, 0.5) is 17.2 Å². The number of amides is 1. The van der Waals surface area contributed by atoms with Gasteiger partial charge in [0.25, 0.3) is 5.91 Å². The molecule has 1 aliphatic rings. The average molecular weight is 445 g/mol. The number of carbonyl (C=O) groups is 1. The van der Waals surface area contributed by atoms with Crippen molar-refractivity contribution in [2.24, 2.45) is 0 Å². The van der Waals surface area contributed by atoms with Gasteiger partial charge in [-0.05, 0) is 31.6 Å². The van der Waals surface area contributed by atoms with Crippen LogP contribution in [0.2, 0.25) is 0 Å². The summed E-state index contributed by atoms with van der Waals surface area (Å²) in [4.78, 5) is 30.3. The Morgan fingerprint density at radius 2 is 1.97 bits per heavy atom. The van der Waals surface area contributed by atoms with Gasteiger partial charge in [0.2, 0.25) is 0 Å². The molecule has 0 spiro atoms. The summed E-state index contributed by atoms with van der Waals surface area (Å²) >= 11 is 0. The van der Waals surface area contributed by atoms with E-state index in [9.17, 15) is 4.79 Å². The number of pyridine rings is 1. The number of carbonyl (C=O) groups excluding carboxylic acids is 1. The van der Waals surface area contributed by atoms with E-state index in [1.54, 1.807) is 18.6 Å². The van der Waals surface area contributed by atoms with E-state index in [-0.39, 0.29) is 11.5 Å². The Morgan fingerprint density at radius 1 is 1.21 bits per heavy atom. The van der Waals surface area contributed by atoms with Crippen molar-refractivity contribution in [2.45, 2.75) is 6.42 Å². The van der Waals surface area contributed by atoms with E-state index < -0.39 is 5.91 Å². The van der Waals surface area contributed by atoms with Gasteiger partial charge in [0.05, 0.1) is 42.7 Å². The summed E-state index contributed by atoms with van der Waals surface area (Å²) in [6.07, 6.45) is 5.88. The molecule has 170 valence electrons. The fourth-order valence-electron chi connectivity index (χ4n) is 3.64. The van der Waals surface area contributed by atoms with E-state index >= 15 is 0 Å². The maximum Gasteiger partial charge on any atom is 0.278 e. The van der Waals surface area contributed by atoms with Crippen LogP contribution in [0.15, 0.2) is 48.9 Å². The molecular weight excluding hydrogens is 417 g/mol. The lowest BCUT2D eigenvalue weighted by molar-refractivity contribution is 0.102. The molecule has 3 N–H and O–H groups in total. The first-order valence-electron chi connectivity index (χ1n) is 11.0. The molecule has 10 heteroatoms. The van der Waals surface area contributed by atoms with E-state index in [4.69, 9.17) is 10.5 Å². The lowest BCUT2D eigenvalue weighted by atomic mass is 10.1. The number of nitrogen functional groups attached to an aromatic ring is 1. The molecule has 0 saturated carbocycles. The second-order valence-corrected chi connectivity index (χ2v) is 8.19. The van der Waals surface area contributed by atoms with Crippen molar-refractivity contribution in [3.63, 3.8) is 0 Å². The van der Waals surface area contributed by atoms with E-state index in [0.717, 1.165) is 37.3 Å². The minimum Gasteiger partial charge on any atom is -0.382 e. The van der Waals surface area contributed by atoms with Gasteiger partial charge in [-0.1, -0.05) is 24.3 Å². The van der Waals surface area contributed by atoms with Crippen LogP contribution in [-0.2, 0) is 11.2 Å². The summed E-state index contributed by atoms with van der Waals surface area (Å²) in [5.74, 6) is -0.345. The van der Waals surface area contributed by atoms with E-state index in [1.807, 2.05) is 18.2 Å². The molecule has 0 unspecified atom stereocenters. The molecule has 1 amide bonds. The predicted octanol–water partition coefficient (Wildman–Crippen LogP) is 1.23. The van der Waals surface area contributed by atoms with Crippen molar-refractivity contribution in [2.75, 3.05) is 55.8 Å². The summed E-state index contributed by atoms with van der Waals surface area (Å²) in [5, 5.41) is 2.91. The normalized spacial score (nSPS) is 13.8. The average Bonchev–Trinajstić information content (AvgIpc) is 2.84. The minimum atomic E-state index is -0.424. The molecule has 1 saturated heterocycles. The van der Waals surface area contributed by atoms with Gasteiger partial charge in [0.1, 0.15) is 0 Å². The number of nitrogens with two attached hydrogens (primary N) is 1. The highest BCUT2D eigenvalue weighted by atomic mass is 16.5. The highest BCUT2D eigenvalue weighted by molar-refractivity contribution is 6.07. The molecule has 0 aliphatic carbocycles. The monoisotopic (exact) mass is 445 g/mol. The van der Waals surface area contributed by atoms with Gasteiger partial charge in [0, 0.05) is 24.8 Å². The Bertz CT molecular complexity index is 1100. The van der Waals surface area contributed by atoms with Crippen molar-refractivity contribution < 1.29 is 9.53 Å². The minimum absolute atomic E-state index is 0.0793. The number of rotatable bonds is 7. The first-order chi connectivity index (χ1) is 16.0. The number of likely N-dealkylation sites (N-methyl/N-ethyl adjacent to an activating group) is 1. The second kappa shape index (κ2) is 10.4. The quantitative estimate of drug-likeness (QED) is 0.523. The van der Waals surface area contributed by atoms with Crippen LogP contribution >= 0.6 is 0 Å². The summed E-state index contributed by atoms with van der Waals surface area (Å²) in [5.41, 5.74) is 10.3. The molecule has 3 aromatic rings. The number of nitrogens with zero attached hydrogens (tertiary/aromatic N) is 5. The van der Waals surface area contributed by atoms with Crippen molar-refractivity contribution in [3.05, 3.63) is 60.2 Å². The zero-order chi connectivity index (χ0) is 23.2. The fraction of sp³-hybridized carbons (Fsp3) is 0.304. The van der Waals surface area contributed by atoms with Gasteiger partial charge in [-0.2, -0.15) is 0 Å². The molecule has 33 heavy (non-hydrogen) atoms. The largest absolute Gasteiger partial charge is 0.382 e. The Hall–Kier alpha value is -3.50. The summed E-state index contributed by atoms with van der Waals surface area (Å²) < 4.78 is 5.43. The Balaban J connectivity index is 1.53. The number of hydrogen-bond acceptors (Lipinski definition) is 8. The van der Waals surface area contributed by atoms with Gasteiger partial charge < -0.3 is 25.5 Å². The first kappa shape index (κ1) is 22.7. The van der Waals surface area contributed by atoms with E-state index in [1.165, 1.54) is 5.56 Å². The van der Waals surface area contributed by atoms with Gasteiger partial charge in [-0.25, -0.2) is 9.97 Å². The molecule has 1 fully saturated rings. The lowest BCUT2D eigenvalue weighted by Crippen LogP contribution is -2.36. The Kier molecular flexibility index (Phi) is 7.16. The number of benzene rings is 1. The summed E-state index contributed by atoms with van der Waals surface area (Å²) in [6, 6.07) is 10.0. The third kappa shape index (κ3) is 5.66. The van der Waals surface area contributed by atoms with Crippen LogP contribution in [0.3, 0.4) is 0 Å². The van der Waals surface area contributed by atoms with Crippen LogP contribution in [0.25, 0.3) is 11.3 Å². The standard InChI is InChI=1S/C23H28BN7O2/c1-30(24)9-7-16-2-4-17(5-3-16)18-15-27-22(25)21(28-18)23(32)29-19-14-26-8-6-20(19)31-10-12-33-13-11-31/h2-6,8,14-15H,7,9-13,24H2,1H3,(H2,25,27)(H,29,32). The predicted molar refractivity (Wildman–Crippen MR) is 132 cm³/mol. The number of nitrogens with one attached hydrogen (secondary N) is 1. The van der Waals surface area contributed by atoms with E-state index in [2.05, 4.69) is 57.1 Å². The highest BCUT2D eigenvalue weighted by Crippen LogP contribution is 2.26. The third-order valence-corrected chi connectivity index (χ3v) is 5.51. The number of aromatic nitrogens is 3. The van der Waals surface area contributed by atoms with Crippen LogP contribution in [0.1, 0.15) is 16.1 Å². The maximum absolute atomic E-state index is 13.1. The zero-order valence-electron chi connectivity index (χ0n) is 19.0. The van der Waals surface area contributed by atoms with E-state index in [0.29, 0.717) is 24.6 Å². The van der Waals surface area contributed by atoms with Crippen LogP contribution in [0.5, 0.6) is 0 Å². The highest BCUT2D eigenvalue weighted by Gasteiger charge is 2.19. The third-order valence-electron chi connectivity index (χ3n) is 5.51. The van der Waals surface area contributed by atoms with Gasteiger partial charge in [-0.15, -0.1) is 0 Å². The van der Waals surface area contributed by atoms with Crippen molar-refractivity contribution >= 4 is 31.1 Å². The Labute approximate surface area is 194 Å². The molecule has 2 aromatic heterocycles. The molecule has 0 bridgehead atoms. The number of morpholine rings is 1. The molecule has 4 rings (SSSR count). The lowest BCUT2D eigenvalue weighted by Gasteiger charge is -2.30. The topological polar surface area (TPSA) is 110 Å². The molecule has 1 aromatic carbocycles. The molecule has 0 radical (unpaired) electrons. The fourth-order valence-corrected chi connectivity index (χ4v) is 3.64. The summed E-state index contributed by atoms with van der Waals surface area (Å²) in [7, 11) is 4.11. The molecule has 9 nitrogen and oxygen atoms in total. The van der Waals surface area contributed by atoms with Gasteiger partial charge in [-0.3, -0.25) is 9.78 Å². The SMILES string of the molecule is BN(C)CCc1ccc(-c2cnc(N)c(C(=O)Nc3cnccc3N3CCOCC3)n2)cc1. The smallest absolute Gasteiger partial charge is 0.278 e. The van der Waals surface area contributed by atoms with Crippen LogP contribution in [-0.4, -0.2) is 73.5 Å². The summed E-state index contributed by atoms with van der Waals surface area (Å²) in [6.45, 7) is 3.75. The molecule has 3 heterocycles. The van der Waals surface area contributed by atoms with Gasteiger partial charge >= 0.3 is 0 Å². The number of anilines is 3. The van der Waals surface area contributed by atoms with Crippen LogP contribution < -0.4 is 16.0 Å². The van der Waals surface area contributed by atoms with Crippen molar-refractivity contribution in [1.29, 1.82) is 0 Å². The Morgan fingerprint density at radius 3 is 2.70 bits per heavy atom. The molecular formula is C23H28BN7O2. The van der Waals surface area contributed by atoms with Crippen LogP contribution in [0, 0.1) is 0 Å². The van der Waals surface area contributed by atoms with Gasteiger partial charge in [0.15, 0.2) is 19.5 Å². The zero-order valence-corrected chi connectivity index (χ0v) is 19.0. The first-order valence-corrected chi connectivity index (χ1v) is 11.0. The van der Waals surface area contributed by atoms with Crippen molar-refractivity contribution in [3.8, 4) is 11.3 Å². The van der Waals surface area contributed by atoms with Crippen molar-refractivity contribution in [1.82, 2.24) is 19.8 Å². The second-order valence-electron chi connectivity index (χ2n) is 8.19.